The fraction of sp³-hybridized carbons (Fsp3) is 0. The minimum absolute atomic E-state index is 0. The Balaban J connectivity index is -0.0000000800. The van der Waals surface area contributed by atoms with Crippen molar-refractivity contribution in [3.8, 4) is 0 Å². The van der Waals surface area contributed by atoms with E-state index in [0.29, 0.717) is 0 Å². The molecule has 7 heavy (non-hydrogen) atoms. The van der Waals surface area contributed by atoms with Crippen molar-refractivity contribution in [3.63, 3.8) is 0 Å². The van der Waals surface area contributed by atoms with Crippen LogP contribution in [0.25, 0.3) is 0 Å². The predicted octanol–water partition coefficient (Wildman–Crippen LogP) is -3.03. The van der Waals surface area contributed by atoms with E-state index >= 15 is 0 Å². The van der Waals surface area contributed by atoms with Crippen molar-refractivity contribution in [2.24, 2.45) is 0 Å². The normalized spacial score (nSPS) is 5.57. The first-order valence-corrected chi connectivity index (χ1v) is 0.935. The summed E-state index contributed by atoms with van der Waals surface area (Å²) in [4.78, 5) is 2.86. The van der Waals surface area contributed by atoms with E-state index < -0.39 is 7.32 Å². The van der Waals surface area contributed by atoms with Gasteiger partial charge in [0.15, 0.2) is 0 Å². The van der Waals surface area contributed by atoms with E-state index in [4.69, 9.17) is 15.3 Å². The van der Waals surface area contributed by atoms with Gasteiger partial charge >= 0.3 is 58.7 Å². The molecular weight excluding hydrogens is 130 g/mol. The zero-order chi connectivity index (χ0) is 4.28. The van der Waals surface area contributed by atoms with E-state index in [-0.39, 0.29) is 56.9 Å². The molecule has 0 bridgehead atoms. The predicted molar refractivity (Wildman–Crippen MR) is 24.7 cm³/mol. The zero-order valence-corrected chi connectivity index (χ0v) is 2.83. The minimum atomic E-state index is -2.06. The Kier molecular flexibility index (Phi) is 23.7. The quantitative estimate of drug-likeness (QED) is 0.203. The van der Waals surface area contributed by atoms with Gasteiger partial charge in [-0.15, -0.1) is 0 Å². The average Bonchev–Trinajstić information content (AvgIpc) is 1.38. The summed E-state index contributed by atoms with van der Waals surface area (Å²) < 4.78 is 0. The van der Waals surface area contributed by atoms with Crippen LogP contribution in [0.1, 0.15) is 0 Å². The summed E-state index contributed by atoms with van der Waals surface area (Å²) in [5.74, 6) is 0. The van der Waals surface area contributed by atoms with E-state index in [1.807, 2.05) is 0 Å². The number of rotatable bonds is 1. The van der Waals surface area contributed by atoms with Crippen molar-refractivity contribution >= 4 is 58.7 Å². The van der Waals surface area contributed by atoms with E-state index in [9.17, 15) is 0 Å². The molecule has 0 aromatic rings. The van der Waals surface area contributed by atoms with Crippen LogP contribution in [0.3, 0.4) is 0 Å². The summed E-state index contributed by atoms with van der Waals surface area (Å²) in [5, 5.41) is 22.0. The number of hydrogen-bond acceptors (Lipinski definition) is 4. The molecule has 0 spiro atoms. The summed E-state index contributed by atoms with van der Waals surface area (Å²) in [6, 6.07) is 0. The van der Waals surface area contributed by atoms with Gasteiger partial charge < -0.3 is 15.5 Å². The Bertz CT molecular complexity index is 22.0. The SMILES string of the molecule is O.OOB(O)O.[KH]. The molecule has 0 fully saturated rings. The van der Waals surface area contributed by atoms with Crippen LogP contribution in [0, 0.1) is 0 Å². The summed E-state index contributed by atoms with van der Waals surface area (Å²) in [6.07, 6.45) is 0. The maximum atomic E-state index is 7.44. The third kappa shape index (κ3) is 18.5. The maximum absolute atomic E-state index is 7.44. The van der Waals surface area contributed by atoms with E-state index in [2.05, 4.69) is 4.81 Å². The molecule has 0 saturated heterocycles. The molecule has 5 N–H and O–H groups in total. The van der Waals surface area contributed by atoms with Crippen LogP contribution in [0.15, 0.2) is 0 Å². The molecule has 0 aliphatic carbocycles. The molecular formula is H6BKO5. The number of hydrogen-bond donors (Lipinski definition) is 3. The molecule has 0 aliphatic rings. The summed E-state index contributed by atoms with van der Waals surface area (Å²) in [7, 11) is -2.06. The van der Waals surface area contributed by atoms with Crippen molar-refractivity contribution < 1.29 is 25.6 Å². The third-order valence-electron chi connectivity index (χ3n) is 0.0943. The topological polar surface area (TPSA) is 101 Å². The molecule has 0 aliphatic heterocycles. The molecule has 5 nitrogen and oxygen atoms in total. The van der Waals surface area contributed by atoms with Crippen LogP contribution >= 0.6 is 0 Å². The van der Waals surface area contributed by atoms with Crippen LogP contribution in [-0.4, -0.2) is 79.5 Å². The molecule has 0 amide bonds. The van der Waals surface area contributed by atoms with Gasteiger partial charge in [-0.1, -0.05) is 0 Å². The van der Waals surface area contributed by atoms with Gasteiger partial charge in [-0.3, -0.25) is 5.26 Å². The standard InChI is InChI=1S/BH3O4.K.H2O.H/c2-1(3)5-4;;;/h2-4H;;1H2;. The molecule has 0 radical (unpaired) electrons. The molecule has 0 aromatic heterocycles. The Morgan fingerprint density at radius 2 is 1.43 bits per heavy atom. The summed E-state index contributed by atoms with van der Waals surface area (Å²) in [5.41, 5.74) is 0. The van der Waals surface area contributed by atoms with Crippen molar-refractivity contribution in [2.45, 2.75) is 0 Å². The Hall–Kier alpha value is 1.50. The molecule has 7 heteroatoms. The molecule has 0 rings (SSSR count). The van der Waals surface area contributed by atoms with Gasteiger partial charge in [0.25, 0.3) is 0 Å². The van der Waals surface area contributed by atoms with Gasteiger partial charge in [-0.05, 0) is 0 Å². The summed E-state index contributed by atoms with van der Waals surface area (Å²) in [6.45, 7) is 0. The van der Waals surface area contributed by atoms with Crippen LogP contribution < -0.4 is 0 Å². The van der Waals surface area contributed by atoms with E-state index in [1.54, 1.807) is 0 Å². The van der Waals surface area contributed by atoms with Crippen LogP contribution in [0.2, 0.25) is 0 Å². The Labute approximate surface area is 83.1 Å². The Morgan fingerprint density at radius 1 is 1.29 bits per heavy atom. The Morgan fingerprint density at radius 3 is 1.43 bits per heavy atom. The first kappa shape index (κ1) is 15.8. The summed E-state index contributed by atoms with van der Waals surface area (Å²) >= 11 is 0. The molecule has 0 atom stereocenters. The van der Waals surface area contributed by atoms with Crippen LogP contribution in [-0.2, 0) is 4.81 Å². The first-order chi connectivity index (χ1) is 2.27. The second-order valence-corrected chi connectivity index (χ2v) is 0.432. The van der Waals surface area contributed by atoms with E-state index in [0.717, 1.165) is 0 Å². The fourth-order valence-electron chi connectivity index (χ4n) is 0. The van der Waals surface area contributed by atoms with E-state index in [1.165, 1.54) is 0 Å². The van der Waals surface area contributed by atoms with Crippen molar-refractivity contribution in [3.05, 3.63) is 0 Å². The fourth-order valence-corrected chi connectivity index (χ4v) is 0. The molecule has 0 unspecified atom stereocenters. The van der Waals surface area contributed by atoms with Gasteiger partial charge in [0.2, 0.25) is 0 Å². The molecule has 0 saturated carbocycles. The van der Waals surface area contributed by atoms with Gasteiger partial charge in [-0.2, -0.15) is 0 Å². The van der Waals surface area contributed by atoms with Crippen LogP contribution in [0.5, 0.6) is 0 Å². The van der Waals surface area contributed by atoms with Gasteiger partial charge in [0.05, 0.1) is 0 Å². The van der Waals surface area contributed by atoms with Gasteiger partial charge in [-0.25, -0.2) is 4.81 Å². The van der Waals surface area contributed by atoms with Crippen molar-refractivity contribution in [1.29, 1.82) is 0 Å². The molecule has 0 aromatic carbocycles. The second kappa shape index (κ2) is 10.5. The first-order valence-electron chi connectivity index (χ1n) is 0.935. The zero-order valence-electron chi connectivity index (χ0n) is 2.83. The molecule has 40 valence electrons. The van der Waals surface area contributed by atoms with Crippen LogP contribution in [0.4, 0.5) is 0 Å². The molecule has 0 heterocycles. The van der Waals surface area contributed by atoms with Crippen molar-refractivity contribution in [2.75, 3.05) is 0 Å². The van der Waals surface area contributed by atoms with Crippen molar-refractivity contribution in [1.82, 2.24) is 0 Å². The average molecular weight is 136 g/mol. The monoisotopic (exact) mass is 136 g/mol. The second-order valence-electron chi connectivity index (χ2n) is 0.432. The van der Waals surface area contributed by atoms with Gasteiger partial charge in [0.1, 0.15) is 0 Å². The third-order valence-corrected chi connectivity index (χ3v) is 0.0943. The van der Waals surface area contributed by atoms with Gasteiger partial charge in [0, 0.05) is 0 Å².